The van der Waals surface area contributed by atoms with Crippen LogP contribution in [-0.4, -0.2) is 23.2 Å². The van der Waals surface area contributed by atoms with E-state index < -0.39 is 6.98 Å². The molecule has 0 unspecified atom stereocenters. The molecular formula is C61H45N5. The summed E-state index contributed by atoms with van der Waals surface area (Å²) in [6, 6.07) is 82.7. The standard InChI is InChI=1S/C61H45N5/c1-63-42-64(58-34-16-15-33-57(58)63)47-25-17-26-48(40-47)65(61-52(44-21-7-3-8-22-44)30-18-31-53(61)45-23-9-4-10-24-45)49-35-36-55-54-29-13-14-32-56(54)66(59(55)41-49)60-39-46(37-38-62-60)51-28-12-11-27-50(51)43-19-5-2-6-20-43/h2-41H,42H2,1H3/i1D3. The van der Waals surface area contributed by atoms with Gasteiger partial charge in [0.15, 0.2) is 0 Å². The van der Waals surface area contributed by atoms with E-state index in [0.29, 0.717) is 5.69 Å². The topological polar surface area (TPSA) is 27.5 Å². The van der Waals surface area contributed by atoms with Gasteiger partial charge < -0.3 is 14.7 Å². The number of nitrogens with zero attached hydrogens (tertiary/aromatic N) is 5. The van der Waals surface area contributed by atoms with Gasteiger partial charge in [-0.05, 0) is 94.0 Å². The fourth-order valence-corrected chi connectivity index (χ4v) is 9.79. The van der Waals surface area contributed by atoms with Crippen molar-refractivity contribution >= 4 is 55.9 Å². The molecule has 0 atom stereocenters. The Bertz CT molecular complexity index is 3610. The Morgan fingerprint density at radius 1 is 0.439 bits per heavy atom. The van der Waals surface area contributed by atoms with Crippen LogP contribution in [0, 0.1) is 0 Å². The minimum Gasteiger partial charge on any atom is -0.355 e. The van der Waals surface area contributed by atoms with Crippen molar-refractivity contribution in [2.24, 2.45) is 0 Å². The molecule has 314 valence electrons. The third-order valence-corrected chi connectivity index (χ3v) is 12.8. The van der Waals surface area contributed by atoms with Gasteiger partial charge in [-0.25, -0.2) is 4.98 Å². The molecule has 9 aromatic carbocycles. The van der Waals surface area contributed by atoms with Crippen LogP contribution in [0.5, 0.6) is 0 Å². The summed E-state index contributed by atoms with van der Waals surface area (Å²) in [7, 11) is 0. The molecule has 0 saturated carbocycles. The highest BCUT2D eigenvalue weighted by Crippen LogP contribution is 2.49. The van der Waals surface area contributed by atoms with Crippen molar-refractivity contribution < 1.29 is 4.11 Å². The number of hydrogen-bond acceptors (Lipinski definition) is 4. The van der Waals surface area contributed by atoms with Crippen LogP contribution in [0.4, 0.5) is 34.1 Å². The van der Waals surface area contributed by atoms with Crippen molar-refractivity contribution in [2.45, 2.75) is 0 Å². The number of benzene rings is 9. The first-order valence-electron chi connectivity index (χ1n) is 23.8. The Kier molecular flexibility index (Phi) is 8.92. The summed E-state index contributed by atoms with van der Waals surface area (Å²) in [5, 5.41) is 2.24. The van der Waals surface area contributed by atoms with Crippen LogP contribution in [0.15, 0.2) is 243 Å². The number of rotatable bonds is 9. The Morgan fingerprint density at radius 2 is 1.00 bits per heavy atom. The van der Waals surface area contributed by atoms with Crippen LogP contribution >= 0.6 is 0 Å². The van der Waals surface area contributed by atoms with Gasteiger partial charge in [-0.15, -0.1) is 0 Å². The Balaban J connectivity index is 1.10. The van der Waals surface area contributed by atoms with E-state index in [2.05, 4.69) is 227 Å². The Labute approximate surface area is 389 Å². The molecule has 11 aromatic rings. The first-order chi connectivity index (χ1) is 33.9. The first-order valence-corrected chi connectivity index (χ1v) is 22.3. The van der Waals surface area contributed by atoms with Gasteiger partial charge in [0, 0.05) is 56.2 Å². The van der Waals surface area contributed by atoms with Crippen molar-refractivity contribution in [1.82, 2.24) is 9.55 Å². The molecule has 0 spiro atoms. The molecule has 12 rings (SSSR count). The number of para-hydroxylation sites is 4. The van der Waals surface area contributed by atoms with Gasteiger partial charge in [0.25, 0.3) is 0 Å². The van der Waals surface area contributed by atoms with E-state index in [1.54, 1.807) is 0 Å². The van der Waals surface area contributed by atoms with Crippen LogP contribution in [-0.2, 0) is 0 Å². The van der Waals surface area contributed by atoms with Gasteiger partial charge in [-0.3, -0.25) is 4.57 Å². The number of anilines is 6. The smallest absolute Gasteiger partial charge is 0.138 e. The van der Waals surface area contributed by atoms with Crippen molar-refractivity contribution in [1.29, 1.82) is 0 Å². The summed E-state index contributed by atoms with van der Waals surface area (Å²) >= 11 is 0. The molecule has 0 bridgehead atoms. The second-order valence-corrected chi connectivity index (χ2v) is 16.6. The lowest BCUT2D eigenvalue weighted by Crippen LogP contribution is -2.24. The van der Waals surface area contributed by atoms with Crippen molar-refractivity contribution in [3.05, 3.63) is 243 Å². The van der Waals surface area contributed by atoms with E-state index in [-0.39, 0.29) is 6.67 Å². The van der Waals surface area contributed by atoms with Crippen LogP contribution in [0.25, 0.3) is 72.1 Å². The minimum atomic E-state index is -2.32. The van der Waals surface area contributed by atoms with Gasteiger partial charge in [-0.1, -0.05) is 176 Å². The number of aromatic nitrogens is 2. The number of hydrogen-bond donors (Lipinski definition) is 0. The molecular weight excluding hydrogens is 803 g/mol. The molecule has 1 aliphatic rings. The van der Waals surface area contributed by atoms with E-state index in [1.165, 1.54) is 4.90 Å². The zero-order valence-corrected chi connectivity index (χ0v) is 36.0. The molecule has 0 fully saturated rings. The summed E-state index contributed by atoms with van der Waals surface area (Å²) in [4.78, 5) is 11.1. The Morgan fingerprint density at radius 3 is 1.71 bits per heavy atom. The van der Waals surface area contributed by atoms with Gasteiger partial charge >= 0.3 is 0 Å². The number of pyridine rings is 1. The van der Waals surface area contributed by atoms with E-state index in [9.17, 15) is 0 Å². The maximum absolute atomic E-state index is 8.46. The fourth-order valence-electron chi connectivity index (χ4n) is 9.79. The van der Waals surface area contributed by atoms with E-state index in [1.807, 2.05) is 30.5 Å². The van der Waals surface area contributed by atoms with Gasteiger partial charge in [0.1, 0.15) is 5.82 Å². The highest BCUT2D eigenvalue weighted by Gasteiger charge is 2.27. The van der Waals surface area contributed by atoms with E-state index >= 15 is 0 Å². The predicted octanol–water partition coefficient (Wildman–Crippen LogP) is 15.9. The lowest BCUT2D eigenvalue weighted by Gasteiger charge is -2.31. The monoisotopic (exact) mass is 850 g/mol. The van der Waals surface area contributed by atoms with Crippen LogP contribution in [0.2, 0.25) is 0 Å². The zero-order valence-electron chi connectivity index (χ0n) is 39.0. The van der Waals surface area contributed by atoms with Crippen LogP contribution in [0.1, 0.15) is 4.11 Å². The van der Waals surface area contributed by atoms with Crippen molar-refractivity contribution in [3.63, 3.8) is 0 Å². The first kappa shape index (κ1) is 35.8. The lowest BCUT2D eigenvalue weighted by molar-refractivity contribution is 0.949. The van der Waals surface area contributed by atoms with Gasteiger partial charge in [-0.2, -0.15) is 0 Å². The largest absolute Gasteiger partial charge is 0.355 e. The fraction of sp³-hybridized carbons (Fsp3) is 0.0328. The molecule has 0 saturated heterocycles. The lowest BCUT2D eigenvalue weighted by atomic mass is 9.94. The summed E-state index contributed by atoms with van der Waals surface area (Å²) in [5.74, 6) is 0.813. The Hall–Kier alpha value is -8.67. The summed E-state index contributed by atoms with van der Waals surface area (Å²) in [6.07, 6.45) is 1.92. The predicted molar refractivity (Wildman–Crippen MR) is 277 cm³/mol. The average Bonchev–Trinajstić information content (AvgIpc) is 3.97. The van der Waals surface area contributed by atoms with E-state index in [0.717, 1.165) is 101 Å². The number of fused-ring (bicyclic) bond motifs is 4. The second kappa shape index (κ2) is 16.5. The molecule has 0 N–H and O–H groups in total. The highest BCUT2D eigenvalue weighted by atomic mass is 15.4. The normalized spacial score (nSPS) is 13.1. The summed E-state index contributed by atoms with van der Waals surface area (Å²) < 4.78 is 27.7. The molecule has 1 aliphatic heterocycles. The molecule has 66 heavy (non-hydrogen) atoms. The average molecular weight is 851 g/mol. The highest BCUT2D eigenvalue weighted by molar-refractivity contribution is 6.11. The zero-order chi connectivity index (χ0) is 46.5. The van der Waals surface area contributed by atoms with E-state index in [4.69, 9.17) is 9.10 Å². The summed E-state index contributed by atoms with van der Waals surface area (Å²) in [5.41, 5.74) is 16.2. The third-order valence-electron chi connectivity index (χ3n) is 12.8. The molecule has 0 radical (unpaired) electrons. The SMILES string of the molecule is [2H]C([2H])([2H])N1CN(c2cccc(N(c3ccc4c5ccccc5n(-c5cc(-c6ccccc6-c6ccccc6)ccn5)c4c3)c3c(-c4ccccc4)cccc3-c3ccccc3)c2)c2ccccc21. The van der Waals surface area contributed by atoms with Crippen LogP contribution < -0.4 is 14.7 Å². The minimum absolute atomic E-state index is 0.184. The molecule has 5 nitrogen and oxygen atoms in total. The van der Waals surface area contributed by atoms with Crippen LogP contribution in [0.3, 0.4) is 0 Å². The van der Waals surface area contributed by atoms with Gasteiger partial charge in [0.05, 0.1) is 34.8 Å². The summed E-state index contributed by atoms with van der Waals surface area (Å²) in [6.45, 7) is -2.13. The molecule has 3 heterocycles. The second-order valence-electron chi connectivity index (χ2n) is 16.6. The molecule has 0 aliphatic carbocycles. The maximum atomic E-state index is 8.46. The molecule has 5 heteroatoms. The van der Waals surface area contributed by atoms with Gasteiger partial charge in [0.2, 0.25) is 0 Å². The van der Waals surface area contributed by atoms with Crippen molar-refractivity contribution in [3.8, 4) is 50.3 Å². The van der Waals surface area contributed by atoms with Crippen molar-refractivity contribution in [2.75, 3.05) is 28.3 Å². The maximum Gasteiger partial charge on any atom is 0.138 e. The third kappa shape index (κ3) is 6.77. The quantitative estimate of drug-likeness (QED) is 0.145. The molecule has 0 amide bonds. The molecule has 2 aromatic heterocycles.